The third-order valence-corrected chi connectivity index (χ3v) is 3.08. The molecule has 2 aromatic rings. The first-order chi connectivity index (χ1) is 11.5. The summed E-state index contributed by atoms with van der Waals surface area (Å²) < 4.78 is 0. The van der Waals surface area contributed by atoms with Crippen LogP contribution in [0.15, 0.2) is 54.6 Å². The van der Waals surface area contributed by atoms with Gasteiger partial charge >= 0.3 is 0 Å². The van der Waals surface area contributed by atoms with Gasteiger partial charge in [0, 0.05) is 23.3 Å². The highest BCUT2D eigenvalue weighted by Gasteiger charge is 2.13. The van der Waals surface area contributed by atoms with Gasteiger partial charge in [0.15, 0.2) is 5.11 Å². The molecule has 0 saturated heterocycles. The summed E-state index contributed by atoms with van der Waals surface area (Å²) >= 11 is 4.89. The quantitative estimate of drug-likeness (QED) is 0.442. The molecule has 2 amide bonds. The lowest BCUT2D eigenvalue weighted by molar-refractivity contribution is -0.384. The number of amides is 2. The maximum Gasteiger partial charge on any atom is 0.270 e. The smallest absolute Gasteiger partial charge is 0.270 e. The number of carbonyl (C=O) groups is 2. The number of benzene rings is 2. The second-order valence-corrected chi connectivity index (χ2v) is 4.94. The van der Waals surface area contributed by atoms with Gasteiger partial charge in [-0.2, -0.15) is 0 Å². The molecule has 122 valence electrons. The molecule has 2 aromatic carbocycles. The number of carbonyl (C=O) groups excluding carboxylic acids is 2. The van der Waals surface area contributed by atoms with Crippen molar-refractivity contribution in [3.05, 3.63) is 75.8 Å². The Balaban J connectivity index is 1.90. The lowest BCUT2D eigenvalue weighted by atomic mass is 10.2. The minimum Gasteiger partial charge on any atom is -0.298 e. The van der Waals surface area contributed by atoms with Gasteiger partial charge in [0.05, 0.1) is 4.92 Å². The number of hydrogen-bond donors (Lipinski definition) is 3. The maximum absolute atomic E-state index is 12.0. The van der Waals surface area contributed by atoms with E-state index in [1.165, 1.54) is 18.2 Å². The minimum atomic E-state index is -0.634. The van der Waals surface area contributed by atoms with Crippen LogP contribution in [0.25, 0.3) is 0 Å². The van der Waals surface area contributed by atoms with Crippen molar-refractivity contribution in [1.82, 2.24) is 16.2 Å². The molecule has 0 unspecified atom stereocenters. The van der Waals surface area contributed by atoms with Crippen LogP contribution in [0, 0.1) is 10.1 Å². The van der Waals surface area contributed by atoms with E-state index < -0.39 is 16.7 Å². The zero-order valence-electron chi connectivity index (χ0n) is 12.2. The van der Waals surface area contributed by atoms with Crippen molar-refractivity contribution in [2.24, 2.45) is 0 Å². The molecule has 8 nitrogen and oxygen atoms in total. The molecule has 2 rings (SSSR count). The molecule has 0 heterocycles. The van der Waals surface area contributed by atoms with Crippen LogP contribution in [0.2, 0.25) is 0 Å². The van der Waals surface area contributed by atoms with Gasteiger partial charge in [-0.25, -0.2) is 0 Å². The third-order valence-electron chi connectivity index (χ3n) is 2.87. The highest BCUT2D eigenvalue weighted by atomic mass is 32.1. The van der Waals surface area contributed by atoms with Gasteiger partial charge in [-0.05, 0) is 30.4 Å². The monoisotopic (exact) mass is 344 g/mol. The standard InChI is InChI=1S/C15H12N4O4S/c20-13(11-7-4-8-12(9-11)19(22)23)16-15(24)18-17-14(21)10-5-2-1-3-6-10/h1-9H,(H,17,21)(H2,16,18,20,24). The van der Waals surface area contributed by atoms with E-state index >= 15 is 0 Å². The van der Waals surface area contributed by atoms with Crippen molar-refractivity contribution in [3.63, 3.8) is 0 Å². The lowest BCUT2D eigenvalue weighted by Gasteiger charge is -2.10. The number of nitro groups is 1. The van der Waals surface area contributed by atoms with Crippen LogP contribution < -0.4 is 16.2 Å². The van der Waals surface area contributed by atoms with Crippen LogP contribution in [-0.4, -0.2) is 21.9 Å². The Morgan fingerprint density at radius 3 is 2.25 bits per heavy atom. The first-order valence-electron chi connectivity index (χ1n) is 6.68. The molecule has 0 fully saturated rings. The molecule has 0 aliphatic heterocycles. The molecule has 0 aliphatic carbocycles. The Kier molecular flexibility index (Phi) is 5.53. The van der Waals surface area contributed by atoms with Crippen LogP contribution >= 0.6 is 12.2 Å². The fourth-order valence-electron chi connectivity index (χ4n) is 1.74. The van der Waals surface area contributed by atoms with Crippen molar-refractivity contribution in [1.29, 1.82) is 0 Å². The first-order valence-corrected chi connectivity index (χ1v) is 7.09. The van der Waals surface area contributed by atoms with Gasteiger partial charge in [0.25, 0.3) is 17.5 Å². The zero-order chi connectivity index (χ0) is 17.5. The fourth-order valence-corrected chi connectivity index (χ4v) is 1.89. The molecule has 3 N–H and O–H groups in total. The van der Waals surface area contributed by atoms with Crippen molar-refractivity contribution < 1.29 is 14.5 Å². The molecule has 0 radical (unpaired) electrons. The first kappa shape index (κ1) is 17.0. The lowest BCUT2D eigenvalue weighted by Crippen LogP contribution is -2.48. The average molecular weight is 344 g/mol. The topological polar surface area (TPSA) is 113 Å². The number of hydrazine groups is 1. The Bertz CT molecular complexity index is 795. The van der Waals surface area contributed by atoms with Crippen LogP contribution in [0.4, 0.5) is 5.69 Å². The van der Waals surface area contributed by atoms with Gasteiger partial charge in [-0.15, -0.1) is 0 Å². The molecule has 0 atom stereocenters. The number of nitrogens with one attached hydrogen (secondary N) is 3. The summed E-state index contributed by atoms with van der Waals surface area (Å²) in [5.74, 6) is -1.06. The zero-order valence-corrected chi connectivity index (χ0v) is 13.0. The van der Waals surface area contributed by atoms with Crippen molar-refractivity contribution >= 4 is 34.8 Å². The van der Waals surface area contributed by atoms with Gasteiger partial charge < -0.3 is 0 Å². The Labute approximate surface area is 142 Å². The van der Waals surface area contributed by atoms with Gasteiger partial charge in [0.1, 0.15) is 0 Å². The predicted octanol–water partition coefficient (Wildman–Crippen LogP) is 1.54. The van der Waals surface area contributed by atoms with Crippen molar-refractivity contribution in [2.45, 2.75) is 0 Å². The maximum atomic E-state index is 12.0. The summed E-state index contributed by atoms with van der Waals surface area (Å²) in [5, 5.41) is 12.9. The number of nitro benzene ring substituents is 1. The Hall–Kier alpha value is -3.33. The van der Waals surface area contributed by atoms with E-state index in [9.17, 15) is 19.7 Å². The van der Waals surface area contributed by atoms with Crippen molar-refractivity contribution in [3.8, 4) is 0 Å². The number of non-ortho nitro benzene ring substituents is 1. The normalized spacial score (nSPS) is 9.67. The van der Waals surface area contributed by atoms with E-state index in [0.29, 0.717) is 5.56 Å². The summed E-state index contributed by atoms with van der Waals surface area (Å²) in [6, 6.07) is 13.6. The van der Waals surface area contributed by atoms with Gasteiger partial charge in [-0.3, -0.25) is 35.9 Å². The Morgan fingerprint density at radius 1 is 0.917 bits per heavy atom. The van der Waals surface area contributed by atoms with E-state index in [0.717, 1.165) is 6.07 Å². The van der Waals surface area contributed by atoms with Crippen LogP contribution in [0.5, 0.6) is 0 Å². The summed E-state index contributed by atoms with van der Waals surface area (Å²) in [4.78, 5) is 33.9. The fraction of sp³-hybridized carbons (Fsp3) is 0. The molecule has 24 heavy (non-hydrogen) atoms. The summed E-state index contributed by atoms with van der Waals surface area (Å²) in [6.07, 6.45) is 0. The predicted molar refractivity (Wildman–Crippen MR) is 90.2 cm³/mol. The van der Waals surface area contributed by atoms with E-state index in [2.05, 4.69) is 16.2 Å². The van der Waals surface area contributed by atoms with E-state index in [-0.39, 0.29) is 16.4 Å². The van der Waals surface area contributed by atoms with E-state index in [1.54, 1.807) is 30.3 Å². The molecule has 0 aliphatic rings. The van der Waals surface area contributed by atoms with Crippen LogP contribution in [0.1, 0.15) is 20.7 Å². The number of rotatable bonds is 3. The second-order valence-electron chi connectivity index (χ2n) is 4.54. The highest BCUT2D eigenvalue weighted by Crippen LogP contribution is 2.12. The van der Waals surface area contributed by atoms with E-state index in [4.69, 9.17) is 12.2 Å². The molecule has 0 saturated carbocycles. The molecule has 9 heteroatoms. The average Bonchev–Trinajstić information content (AvgIpc) is 2.60. The third kappa shape index (κ3) is 4.58. The van der Waals surface area contributed by atoms with Gasteiger partial charge in [-0.1, -0.05) is 24.3 Å². The van der Waals surface area contributed by atoms with Crippen LogP contribution in [0.3, 0.4) is 0 Å². The molecular weight excluding hydrogens is 332 g/mol. The van der Waals surface area contributed by atoms with Gasteiger partial charge in [0.2, 0.25) is 0 Å². The highest BCUT2D eigenvalue weighted by molar-refractivity contribution is 7.80. The molecular formula is C15H12N4O4S. The largest absolute Gasteiger partial charge is 0.298 e. The summed E-state index contributed by atoms with van der Waals surface area (Å²) in [5.41, 5.74) is 4.99. The number of hydrogen-bond acceptors (Lipinski definition) is 5. The summed E-state index contributed by atoms with van der Waals surface area (Å²) in [6.45, 7) is 0. The number of thiocarbonyl (C=S) groups is 1. The second kappa shape index (κ2) is 7.79. The number of nitrogens with zero attached hydrogens (tertiary/aromatic N) is 1. The van der Waals surface area contributed by atoms with E-state index in [1.807, 2.05) is 0 Å². The SMILES string of the molecule is O=C(NNC(=S)NC(=O)c1cccc([N+](=O)[O-])c1)c1ccccc1. The van der Waals surface area contributed by atoms with Crippen molar-refractivity contribution in [2.75, 3.05) is 0 Å². The minimum absolute atomic E-state index is 0.0720. The molecule has 0 aromatic heterocycles. The molecule has 0 bridgehead atoms. The summed E-state index contributed by atoms with van der Waals surface area (Å²) in [7, 11) is 0. The van der Waals surface area contributed by atoms with Crippen LogP contribution in [-0.2, 0) is 0 Å². The Morgan fingerprint density at radius 2 is 1.58 bits per heavy atom. The molecule has 0 spiro atoms.